The Kier molecular flexibility index (Phi) is 7.25. The lowest BCUT2D eigenvalue weighted by Crippen LogP contribution is -2.46. The van der Waals surface area contributed by atoms with E-state index in [0.29, 0.717) is 12.1 Å². The Labute approximate surface area is 149 Å². The molecular formula is C19H29N3O3. The van der Waals surface area contributed by atoms with Gasteiger partial charge in [-0.3, -0.25) is 9.69 Å². The zero-order chi connectivity index (χ0) is 18.2. The quantitative estimate of drug-likeness (QED) is 0.756. The number of anilines is 2. The van der Waals surface area contributed by atoms with E-state index in [4.69, 9.17) is 0 Å². The average molecular weight is 347 g/mol. The molecular weight excluding hydrogens is 318 g/mol. The first-order valence-electron chi connectivity index (χ1n) is 9.19. The molecule has 1 aliphatic heterocycles. The summed E-state index contributed by atoms with van der Waals surface area (Å²) >= 11 is 0. The van der Waals surface area contributed by atoms with E-state index in [9.17, 15) is 14.7 Å². The molecule has 0 radical (unpaired) electrons. The van der Waals surface area contributed by atoms with Crippen molar-refractivity contribution in [3.8, 4) is 0 Å². The normalized spacial score (nSPS) is 15.2. The summed E-state index contributed by atoms with van der Waals surface area (Å²) in [4.78, 5) is 28.2. The van der Waals surface area contributed by atoms with E-state index in [-0.39, 0.29) is 11.5 Å². The molecule has 0 spiro atoms. The van der Waals surface area contributed by atoms with E-state index >= 15 is 0 Å². The third kappa shape index (κ3) is 5.46. The van der Waals surface area contributed by atoms with Gasteiger partial charge in [-0.05, 0) is 37.6 Å². The molecule has 2 rings (SSSR count). The molecule has 1 aromatic carbocycles. The van der Waals surface area contributed by atoms with Crippen LogP contribution in [-0.4, -0.2) is 54.6 Å². The van der Waals surface area contributed by atoms with Gasteiger partial charge in [0.15, 0.2) is 0 Å². The third-order valence-electron chi connectivity index (χ3n) is 4.54. The summed E-state index contributed by atoms with van der Waals surface area (Å²) in [6, 6.07) is 5.28. The van der Waals surface area contributed by atoms with Crippen molar-refractivity contribution < 1.29 is 14.7 Å². The van der Waals surface area contributed by atoms with Gasteiger partial charge in [-0.2, -0.15) is 0 Å². The monoisotopic (exact) mass is 347 g/mol. The van der Waals surface area contributed by atoms with E-state index < -0.39 is 5.97 Å². The second-order valence-corrected chi connectivity index (χ2v) is 6.52. The molecule has 138 valence electrons. The van der Waals surface area contributed by atoms with Crippen LogP contribution in [0.25, 0.3) is 0 Å². The Hall–Kier alpha value is -2.08. The van der Waals surface area contributed by atoms with Gasteiger partial charge < -0.3 is 15.3 Å². The maximum Gasteiger partial charge on any atom is 0.337 e. The number of carbonyl (C=O) groups excluding carboxylic acids is 1. The highest BCUT2D eigenvalue weighted by Gasteiger charge is 2.19. The summed E-state index contributed by atoms with van der Waals surface area (Å²) in [5.74, 6) is -1.15. The summed E-state index contributed by atoms with van der Waals surface area (Å²) in [6.45, 7) is 9.07. The highest BCUT2D eigenvalue weighted by atomic mass is 16.4. The van der Waals surface area contributed by atoms with Crippen LogP contribution in [0.15, 0.2) is 18.2 Å². The number of nitrogens with one attached hydrogen (secondary N) is 1. The van der Waals surface area contributed by atoms with Crippen molar-refractivity contribution in [2.24, 2.45) is 0 Å². The number of unbranched alkanes of at least 4 members (excludes halogenated alkanes) is 1. The Morgan fingerprint density at radius 2 is 1.84 bits per heavy atom. The van der Waals surface area contributed by atoms with Crippen LogP contribution in [0, 0.1) is 0 Å². The van der Waals surface area contributed by atoms with E-state index in [0.717, 1.165) is 57.7 Å². The fraction of sp³-hybridized carbons (Fsp3) is 0.579. The van der Waals surface area contributed by atoms with Crippen molar-refractivity contribution in [3.63, 3.8) is 0 Å². The number of hydrogen-bond acceptors (Lipinski definition) is 4. The topological polar surface area (TPSA) is 72.9 Å². The van der Waals surface area contributed by atoms with E-state index in [1.54, 1.807) is 12.1 Å². The smallest absolute Gasteiger partial charge is 0.337 e. The second kappa shape index (κ2) is 9.42. The number of benzene rings is 1. The van der Waals surface area contributed by atoms with Gasteiger partial charge in [0.05, 0.1) is 11.3 Å². The van der Waals surface area contributed by atoms with Gasteiger partial charge in [0.1, 0.15) is 0 Å². The minimum atomic E-state index is -1.02. The third-order valence-corrected chi connectivity index (χ3v) is 4.54. The van der Waals surface area contributed by atoms with Gasteiger partial charge in [0, 0.05) is 38.3 Å². The lowest BCUT2D eigenvalue weighted by Gasteiger charge is -2.36. The van der Waals surface area contributed by atoms with Gasteiger partial charge in [-0.1, -0.05) is 20.3 Å². The maximum absolute atomic E-state index is 11.9. The highest BCUT2D eigenvalue weighted by Crippen LogP contribution is 2.25. The molecule has 0 saturated carbocycles. The number of nitrogens with zero attached hydrogens (tertiary/aromatic N) is 2. The fourth-order valence-electron chi connectivity index (χ4n) is 3.11. The summed E-state index contributed by atoms with van der Waals surface area (Å²) in [5.41, 5.74) is 1.43. The lowest BCUT2D eigenvalue weighted by atomic mass is 10.1. The zero-order valence-electron chi connectivity index (χ0n) is 15.3. The van der Waals surface area contributed by atoms with Crippen LogP contribution in [0.3, 0.4) is 0 Å². The Morgan fingerprint density at radius 3 is 2.44 bits per heavy atom. The highest BCUT2D eigenvalue weighted by molar-refractivity contribution is 6.01. The molecule has 6 heteroatoms. The SMILES string of the molecule is CCCCC(=O)Nc1ccc(N2CCN(CCC)CC2)cc1C(=O)O. The molecule has 1 aliphatic rings. The Balaban J connectivity index is 2.08. The van der Waals surface area contributed by atoms with Crippen molar-refractivity contribution in [2.45, 2.75) is 39.5 Å². The minimum Gasteiger partial charge on any atom is -0.478 e. The Bertz CT molecular complexity index is 596. The zero-order valence-corrected chi connectivity index (χ0v) is 15.3. The van der Waals surface area contributed by atoms with E-state index in [1.165, 1.54) is 0 Å². The number of rotatable bonds is 8. The number of carbonyl (C=O) groups is 2. The molecule has 0 atom stereocenters. The number of amides is 1. The number of piperazine rings is 1. The molecule has 1 saturated heterocycles. The number of carboxylic acid groups (broad SMARTS) is 1. The van der Waals surface area contributed by atoms with Crippen molar-refractivity contribution >= 4 is 23.3 Å². The predicted octanol–water partition coefficient (Wildman–Crippen LogP) is 3.05. The Morgan fingerprint density at radius 1 is 1.12 bits per heavy atom. The number of aromatic carboxylic acids is 1. The number of hydrogen-bond donors (Lipinski definition) is 2. The second-order valence-electron chi connectivity index (χ2n) is 6.52. The molecule has 1 fully saturated rings. The van der Waals surface area contributed by atoms with Crippen LogP contribution in [0.1, 0.15) is 49.9 Å². The first-order chi connectivity index (χ1) is 12.0. The summed E-state index contributed by atoms with van der Waals surface area (Å²) in [5, 5.41) is 12.2. The molecule has 1 aromatic rings. The van der Waals surface area contributed by atoms with E-state index in [1.807, 2.05) is 13.0 Å². The van der Waals surface area contributed by atoms with Crippen molar-refractivity contribution in [2.75, 3.05) is 42.9 Å². The number of carboxylic acids is 1. The first kappa shape index (κ1) is 19.2. The molecule has 2 N–H and O–H groups in total. The maximum atomic E-state index is 11.9. The molecule has 0 aromatic heterocycles. The van der Waals surface area contributed by atoms with Crippen molar-refractivity contribution in [3.05, 3.63) is 23.8 Å². The van der Waals surface area contributed by atoms with Crippen molar-refractivity contribution in [1.29, 1.82) is 0 Å². The van der Waals surface area contributed by atoms with Gasteiger partial charge in [0.2, 0.25) is 5.91 Å². The van der Waals surface area contributed by atoms with Crippen LogP contribution >= 0.6 is 0 Å². The van der Waals surface area contributed by atoms with E-state index in [2.05, 4.69) is 22.0 Å². The van der Waals surface area contributed by atoms with Crippen molar-refractivity contribution in [1.82, 2.24) is 4.90 Å². The molecule has 0 bridgehead atoms. The van der Waals surface area contributed by atoms with Gasteiger partial charge in [-0.15, -0.1) is 0 Å². The molecule has 1 heterocycles. The fourth-order valence-corrected chi connectivity index (χ4v) is 3.11. The molecule has 0 unspecified atom stereocenters. The largest absolute Gasteiger partial charge is 0.478 e. The summed E-state index contributed by atoms with van der Waals surface area (Å²) in [7, 11) is 0. The lowest BCUT2D eigenvalue weighted by molar-refractivity contribution is -0.116. The molecule has 0 aliphatic carbocycles. The predicted molar refractivity (Wildman–Crippen MR) is 101 cm³/mol. The van der Waals surface area contributed by atoms with Crippen LogP contribution < -0.4 is 10.2 Å². The summed E-state index contributed by atoms with van der Waals surface area (Å²) in [6.07, 6.45) is 3.29. The van der Waals surface area contributed by atoms with Crippen LogP contribution in [-0.2, 0) is 4.79 Å². The van der Waals surface area contributed by atoms with Crippen LogP contribution in [0.4, 0.5) is 11.4 Å². The van der Waals surface area contributed by atoms with Gasteiger partial charge in [-0.25, -0.2) is 4.79 Å². The van der Waals surface area contributed by atoms with Crippen LogP contribution in [0.5, 0.6) is 0 Å². The molecule has 6 nitrogen and oxygen atoms in total. The van der Waals surface area contributed by atoms with Gasteiger partial charge >= 0.3 is 5.97 Å². The molecule has 1 amide bonds. The average Bonchev–Trinajstić information content (AvgIpc) is 2.61. The standard InChI is InChI=1S/C19H29N3O3/c1-3-5-6-18(23)20-17-8-7-15(14-16(17)19(24)25)22-12-10-21(9-4-2)11-13-22/h7-8,14H,3-6,9-13H2,1-2H3,(H,20,23)(H,24,25). The minimum absolute atomic E-state index is 0.134. The van der Waals surface area contributed by atoms with Gasteiger partial charge in [0.25, 0.3) is 0 Å². The molecule has 25 heavy (non-hydrogen) atoms. The summed E-state index contributed by atoms with van der Waals surface area (Å²) < 4.78 is 0. The first-order valence-corrected chi connectivity index (χ1v) is 9.19. The van der Waals surface area contributed by atoms with Crippen LogP contribution in [0.2, 0.25) is 0 Å².